The molecule has 0 heterocycles. The van der Waals surface area contributed by atoms with Crippen molar-refractivity contribution in [1.29, 1.82) is 0 Å². The van der Waals surface area contributed by atoms with E-state index in [1.54, 1.807) is 0 Å². The minimum atomic E-state index is 0. The van der Waals surface area contributed by atoms with E-state index in [1.807, 2.05) is 0 Å². The van der Waals surface area contributed by atoms with Crippen molar-refractivity contribution in [3.8, 4) is 0 Å². The van der Waals surface area contributed by atoms with Crippen LogP contribution in [0.25, 0.3) is 0 Å². The van der Waals surface area contributed by atoms with Gasteiger partial charge < -0.3 is 10.2 Å². The summed E-state index contributed by atoms with van der Waals surface area (Å²) in [7, 11) is 0. The van der Waals surface area contributed by atoms with Gasteiger partial charge in [-0.1, -0.05) is 26.7 Å². The van der Waals surface area contributed by atoms with Crippen LogP contribution in [0, 0.1) is 0 Å². The third-order valence-corrected chi connectivity index (χ3v) is 1.02. The first-order chi connectivity index (χ1) is 4.83. The predicted octanol–water partition coefficient (Wildman–Crippen LogP) is 0.909. The third kappa shape index (κ3) is 37.4. The van der Waals surface area contributed by atoms with Crippen molar-refractivity contribution < 1.29 is 10.2 Å². The van der Waals surface area contributed by atoms with E-state index in [1.165, 1.54) is 0 Å². The van der Waals surface area contributed by atoms with Gasteiger partial charge in [0.1, 0.15) is 0 Å². The van der Waals surface area contributed by atoms with E-state index in [4.69, 9.17) is 10.2 Å². The number of unbranched alkanes of at least 4 members (excludes halogenated alkanes) is 2. The molecule has 2 N–H and O–H groups in total. The Balaban J connectivity index is -0.000000107. The van der Waals surface area contributed by atoms with Crippen LogP contribution in [0.1, 0.15) is 39.5 Å². The molecule has 0 bridgehead atoms. The minimum absolute atomic E-state index is 0. The zero-order valence-electron chi connectivity index (χ0n) is 7.14. The van der Waals surface area contributed by atoms with Gasteiger partial charge in [0.2, 0.25) is 0 Å². The van der Waals surface area contributed by atoms with Crippen molar-refractivity contribution in [2.24, 2.45) is 0 Å². The van der Waals surface area contributed by atoms with Gasteiger partial charge in [0, 0.05) is 13.2 Å². The molecule has 0 aliphatic rings. The van der Waals surface area contributed by atoms with Crippen LogP contribution >= 0.6 is 0 Å². The van der Waals surface area contributed by atoms with Crippen LogP contribution in [0.15, 0.2) is 0 Å². The Labute approximate surface area is 82.2 Å². The molecule has 0 radical (unpaired) electrons. The van der Waals surface area contributed by atoms with Gasteiger partial charge in [-0.3, -0.25) is 0 Å². The van der Waals surface area contributed by atoms with Crippen molar-refractivity contribution in [3.05, 3.63) is 0 Å². The van der Waals surface area contributed by atoms with Crippen LogP contribution in [-0.4, -0.2) is 42.3 Å². The predicted molar refractivity (Wildman–Crippen MR) is 51.1 cm³/mol. The summed E-state index contributed by atoms with van der Waals surface area (Å²) in [6, 6.07) is 0. The Hall–Kier alpha value is 0.517. The summed E-state index contributed by atoms with van der Waals surface area (Å²) in [4.78, 5) is 0. The molecule has 0 fully saturated rings. The fourth-order valence-electron chi connectivity index (χ4n) is 0.316. The van der Waals surface area contributed by atoms with E-state index in [0.29, 0.717) is 13.2 Å². The summed E-state index contributed by atoms with van der Waals surface area (Å²) < 4.78 is 0. The molecule has 0 aromatic rings. The van der Waals surface area contributed by atoms with Gasteiger partial charge in [0.15, 0.2) is 0 Å². The van der Waals surface area contributed by atoms with Crippen LogP contribution in [0.2, 0.25) is 0 Å². The second kappa shape index (κ2) is 22.4. The molecular formula is C8H21LiO2. The first-order valence-corrected chi connectivity index (χ1v) is 4.05. The molecule has 0 aromatic heterocycles. The van der Waals surface area contributed by atoms with Crippen LogP contribution in [0.3, 0.4) is 0 Å². The van der Waals surface area contributed by atoms with Crippen LogP contribution in [0.4, 0.5) is 0 Å². The molecule has 0 spiro atoms. The topological polar surface area (TPSA) is 40.5 Å². The fraction of sp³-hybridized carbons (Fsp3) is 1.00. The quantitative estimate of drug-likeness (QED) is 0.594. The Bertz CT molecular complexity index is 33.1. The number of rotatable bonds is 4. The van der Waals surface area contributed by atoms with Crippen LogP contribution < -0.4 is 0 Å². The Morgan fingerprint density at radius 3 is 1.09 bits per heavy atom. The Kier molecular flexibility index (Phi) is 35.8. The van der Waals surface area contributed by atoms with Crippen molar-refractivity contribution >= 4 is 18.9 Å². The summed E-state index contributed by atoms with van der Waals surface area (Å²) in [5.74, 6) is 0. The molecule has 0 saturated heterocycles. The van der Waals surface area contributed by atoms with E-state index in [0.717, 1.165) is 25.7 Å². The molecule has 0 saturated carbocycles. The van der Waals surface area contributed by atoms with Crippen molar-refractivity contribution in [3.63, 3.8) is 0 Å². The molecule has 0 rings (SSSR count). The zero-order chi connectivity index (χ0) is 8.24. The van der Waals surface area contributed by atoms with E-state index < -0.39 is 0 Å². The molecular weight excluding hydrogens is 135 g/mol. The number of hydrogen-bond donors (Lipinski definition) is 2. The van der Waals surface area contributed by atoms with Crippen LogP contribution in [0.5, 0.6) is 0 Å². The van der Waals surface area contributed by atoms with Gasteiger partial charge in [0.25, 0.3) is 0 Å². The molecule has 66 valence electrons. The Morgan fingerprint density at radius 2 is 1.09 bits per heavy atom. The monoisotopic (exact) mass is 156 g/mol. The van der Waals surface area contributed by atoms with Gasteiger partial charge in [-0.2, -0.15) is 0 Å². The van der Waals surface area contributed by atoms with E-state index in [2.05, 4.69) is 13.8 Å². The van der Waals surface area contributed by atoms with Crippen molar-refractivity contribution in [2.75, 3.05) is 13.2 Å². The van der Waals surface area contributed by atoms with Crippen molar-refractivity contribution in [1.82, 2.24) is 0 Å². The average molecular weight is 156 g/mol. The molecule has 2 nitrogen and oxygen atoms in total. The normalized spacial score (nSPS) is 7.64. The first kappa shape index (κ1) is 17.6. The van der Waals surface area contributed by atoms with Gasteiger partial charge in [0.05, 0.1) is 0 Å². The average Bonchev–Trinajstić information content (AvgIpc) is 1.93. The van der Waals surface area contributed by atoms with Gasteiger partial charge >= 0.3 is 18.9 Å². The number of aliphatic hydroxyl groups is 2. The molecule has 0 atom stereocenters. The van der Waals surface area contributed by atoms with Crippen LogP contribution in [-0.2, 0) is 0 Å². The summed E-state index contributed by atoms with van der Waals surface area (Å²) in [6.07, 6.45) is 4.08. The zero-order valence-corrected chi connectivity index (χ0v) is 7.14. The summed E-state index contributed by atoms with van der Waals surface area (Å²) in [5, 5.41) is 16.1. The maximum atomic E-state index is 8.07. The molecule has 0 unspecified atom stereocenters. The second-order valence-electron chi connectivity index (χ2n) is 2.15. The van der Waals surface area contributed by atoms with Gasteiger partial charge in [-0.05, 0) is 12.8 Å². The molecule has 0 amide bonds. The number of aliphatic hydroxyl groups excluding tert-OH is 2. The molecule has 11 heavy (non-hydrogen) atoms. The summed E-state index contributed by atoms with van der Waals surface area (Å²) >= 11 is 0. The third-order valence-electron chi connectivity index (χ3n) is 1.02. The second-order valence-corrected chi connectivity index (χ2v) is 2.15. The molecule has 0 aromatic carbocycles. The summed E-state index contributed by atoms with van der Waals surface area (Å²) in [5.41, 5.74) is 0. The Morgan fingerprint density at radius 1 is 0.818 bits per heavy atom. The van der Waals surface area contributed by atoms with Gasteiger partial charge in [-0.25, -0.2) is 0 Å². The van der Waals surface area contributed by atoms with E-state index >= 15 is 0 Å². The fourth-order valence-corrected chi connectivity index (χ4v) is 0.316. The first-order valence-electron chi connectivity index (χ1n) is 4.05. The molecule has 0 aliphatic carbocycles. The SMILES string of the molecule is CCCCO.CCCCO.[LiH]. The van der Waals surface area contributed by atoms with Crippen molar-refractivity contribution in [2.45, 2.75) is 39.5 Å². The molecule has 0 aliphatic heterocycles. The summed E-state index contributed by atoms with van der Waals surface area (Å²) in [6.45, 7) is 4.79. The number of hydrogen-bond acceptors (Lipinski definition) is 2. The maximum absolute atomic E-state index is 8.07. The van der Waals surface area contributed by atoms with Gasteiger partial charge in [-0.15, -0.1) is 0 Å². The van der Waals surface area contributed by atoms with E-state index in [9.17, 15) is 0 Å². The van der Waals surface area contributed by atoms with E-state index in [-0.39, 0.29) is 18.9 Å². The standard InChI is InChI=1S/2C4H10O.Li.H/c2*1-2-3-4-5;;/h2*5H,2-4H2,1H3;;. The molecule has 3 heteroatoms.